The molecule has 1 heterocycles. The summed E-state index contributed by atoms with van der Waals surface area (Å²) >= 11 is 5.74. The Morgan fingerprint density at radius 3 is 2.72 bits per heavy atom. The summed E-state index contributed by atoms with van der Waals surface area (Å²) < 4.78 is 13.7. The highest BCUT2D eigenvalue weighted by molar-refractivity contribution is 6.30. The van der Waals surface area contributed by atoms with Gasteiger partial charge in [-0.05, 0) is 30.7 Å². The molecule has 0 spiro atoms. The van der Waals surface area contributed by atoms with Gasteiger partial charge < -0.3 is 5.32 Å². The quantitative estimate of drug-likeness (QED) is 0.910. The zero-order chi connectivity index (χ0) is 13.0. The molecule has 1 aromatic heterocycles. The van der Waals surface area contributed by atoms with Crippen LogP contribution >= 0.6 is 11.6 Å². The molecule has 0 unspecified atom stereocenters. The smallest absolute Gasteiger partial charge is 0.146 e. The topological polar surface area (TPSA) is 24.9 Å². The highest BCUT2D eigenvalue weighted by Gasteiger charge is 2.08. The molecule has 2 aromatic rings. The first kappa shape index (κ1) is 13.0. The average molecular weight is 265 g/mol. The van der Waals surface area contributed by atoms with E-state index in [-0.39, 0.29) is 16.9 Å². The van der Waals surface area contributed by atoms with Gasteiger partial charge in [0.1, 0.15) is 5.82 Å². The van der Waals surface area contributed by atoms with Gasteiger partial charge in [-0.25, -0.2) is 4.39 Å². The van der Waals surface area contributed by atoms with Crippen LogP contribution in [-0.2, 0) is 6.54 Å². The van der Waals surface area contributed by atoms with E-state index in [0.717, 1.165) is 5.56 Å². The van der Waals surface area contributed by atoms with Crippen molar-refractivity contribution in [1.82, 2.24) is 10.3 Å². The van der Waals surface area contributed by atoms with Crippen molar-refractivity contribution < 1.29 is 4.39 Å². The van der Waals surface area contributed by atoms with Crippen molar-refractivity contribution in [2.45, 2.75) is 19.5 Å². The summed E-state index contributed by atoms with van der Waals surface area (Å²) in [4.78, 5) is 3.97. The number of nitrogens with one attached hydrogen (secondary N) is 1. The lowest BCUT2D eigenvalue weighted by molar-refractivity contribution is 0.544. The second-order valence-electron chi connectivity index (χ2n) is 4.10. The van der Waals surface area contributed by atoms with Crippen LogP contribution in [0.1, 0.15) is 24.1 Å². The number of benzene rings is 1. The lowest BCUT2D eigenvalue weighted by atomic mass is 10.1. The van der Waals surface area contributed by atoms with Crippen molar-refractivity contribution >= 4 is 11.6 Å². The van der Waals surface area contributed by atoms with E-state index in [9.17, 15) is 4.39 Å². The van der Waals surface area contributed by atoms with Gasteiger partial charge in [0.2, 0.25) is 0 Å². The SMILES string of the molecule is C[C@@H](NCc1cccc(Cl)c1F)c1ccncc1. The van der Waals surface area contributed by atoms with Crippen LogP contribution < -0.4 is 5.32 Å². The largest absolute Gasteiger partial charge is 0.306 e. The fourth-order valence-corrected chi connectivity index (χ4v) is 1.91. The van der Waals surface area contributed by atoms with E-state index >= 15 is 0 Å². The number of nitrogens with zero attached hydrogens (tertiary/aromatic N) is 1. The second kappa shape index (κ2) is 5.94. The van der Waals surface area contributed by atoms with Gasteiger partial charge in [0.25, 0.3) is 0 Å². The van der Waals surface area contributed by atoms with Crippen molar-refractivity contribution in [3.63, 3.8) is 0 Å². The molecular weight excluding hydrogens is 251 g/mol. The van der Waals surface area contributed by atoms with E-state index in [4.69, 9.17) is 11.6 Å². The monoisotopic (exact) mass is 264 g/mol. The second-order valence-corrected chi connectivity index (χ2v) is 4.50. The molecule has 2 rings (SSSR count). The fourth-order valence-electron chi connectivity index (χ4n) is 1.72. The zero-order valence-corrected chi connectivity index (χ0v) is 10.8. The third-order valence-electron chi connectivity index (χ3n) is 2.84. The van der Waals surface area contributed by atoms with E-state index in [1.165, 1.54) is 0 Å². The molecule has 0 amide bonds. The first-order chi connectivity index (χ1) is 8.68. The Kier molecular flexibility index (Phi) is 4.28. The number of pyridine rings is 1. The molecule has 2 nitrogen and oxygen atoms in total. The number of halogens is 2. The normalized spacial score (nSPS) is 12.4. The van der Waals surface area contributed by atoms with Crippen molar-refractivity contribution in [2.75, 3.05) is 0 Å². The molecule has 18 heavy (non-hydrogen) atoms. The fraction of sp³-hybridized carbons (Fsp3) is 0.214. The molecule has 1 aromatic carbocycles. The van der Waals surface area contributed by atoms with Gasteiger partial charge in [0, 0.05) is 30.5 Å². The molecule has 0 radical (unpaired) electrons. The molecule has 0 aliphatic heterocycles. The highest BCUT2D eigenvalue weighted by Crippen LogP contribution is 2.19. The van der Waals surface area contributed by atoms with Crippen LogP contribution in [0, 0.1) is 5.82 Å². The van der Waals surface area contributed by atoms with Crippen molar-refractivity contribution in [1.29, 1.82) is 0 Å². The minimum Gasteiger partial charge on any atom is -0.306 e. The molecule has 0 fully saturated rings. The third kappa shape index (κ3) is 3.06. The van der Waals surface area contributed by atoms with Gasteiger partial charge in [-0.1, -0.05) is 23.7 Å². The Labute approximate surface area is 111 Å². The zero-order valence-electron chi connectivity index (χ0n) is 10.0. The first-order valence-corrected chi connectivity index (χ1v) is 6.12. The molecular formula is C14H14ClFN2. The summed E-state index contributed by atoms with van der Waals surface area (Å²) in [5.41, 5.74) is 1.69. The van der Waals surface area contributed by atoms with Crippen LogP contribution in [0.4, 0.5) is 4.39 Å². The summed E-state index contributed by atoms with van der Waals surface area (Å²) in [6.07, 6.45) is 3.49. The molecule has 0 aliphatic rings. The van der Waals surface area contributed by atoms with Crippen LogP contribution in [-0.4, -0.2) is 4.98 Å². The minimum absolute atomic E-state index is 0.131. The Morgan fingerprint density at radius 1 is 1.28 bits per heavy atom. The predicted octanol–water partition coefficient (Wildman–Crippen LogP) is 3.72. The lowest BCUT2D eigenvalue weighted by Crippen LogP contribution is -2.18. The maximum absolute atomic E-state index is 13.7. The Balaban J connectivity index is 2.02. The summed E-state index contributed by atoms with van der Waals surface area (Å²) in [5, 5.41) is 3.42. The summed E-state index contributed by atoms with van der Waals surface area (Å²) in [6.45, 7) is 2.47. The van der Waals surface area contributed by atoms with Gasteiger partial charge >= 0.3 is 0 Å². The van der Waals surface area contributed by atoms with Gasteiger partial charge in [-0.15, -0.1) is 0 Å². The molecule has 0 aliphatic carbocycles. The van der Waals surface area contributed by atoms with Gasteiger partial charge in [-0.2, -0.15) is 0 Å². The summed E-state index contributed by atoms with van der Waals surface area (Å²) in [6, 6.07) is 9.03. The number of hydrogen-bond donors (Lipinski definition) is 1. The lowest BCUT2D eigenvalue weighted by Gasteiger charge is -2.14. The van der Waals surface area contributed by atoms with Crippen molar-refractivity contribution in [3.05, 3.63) is 64.7 Å². The highest BCUT2D eigenvalue weighted by atomic mass is 35.5. The molecule has 0 bridgehead atoms. The van der Waals surface area contributed by atoms with Crippen LogP contribution in [0.5, 0.6) is 0 Å². The van der Waals surface area contributed by atoms with E-state index in [1.54, 1.807) is 30.6 Å². The van der Waals surface area contributed by atoms with Gasteiger partial charge in [-0.3, -0.25) is 4.98 Å². The summed E-state index contributed by atoms with van der Waals surface area (Å²) in [7, 11) is 0. The Bertz CT molecular complexity index is 516. The maximum atomic E-state index is 13.7. The first-order valence-electron chi connectivity index (χ1n) is 5.74. The number of hydrogen-bond acceptors (Lipinski definition) is 2. The van der Waals surface area contributed by atoms with Gasteiger partial charge in [0.05, 0.1) is 5.02 Å². The Hall–Kier alpha value is -1.45. The van der Waals surface area contributed by atoms with E-state index in [0.29, 0.717) is 12.1 Å². The van der Waals surface area contributed by atoms with Gasteiger partial charge in [0.15, 0.2) is 0 Å². The maximum Gasteiger partial charge on any atom is 0.146 e. The van der Waals surface area contributed by atoms with Crippen LogP contribution in [0.3, 0.4) is 0 Å². The predicted molar refractivity (Wildman–Crippen MR) is 70.9 cm³/mol. The van der Waals surface area contributed by atoms with E-state index < -0.39 is 0 Å². The summed E-state index contributed by atoms with van der Waals surface area (Å²) in [5.74, 6) is -0.353. The third-order valence-corrected chi connectivity index (χ3v) is 3.13. The average Bonchev–Trinajstić information content (AvgIpc) is 2.41. The minimum atomic E-state index is -0.353. The van der Waals surface area contributed by atoms with E-state index in [2.05, 4.69) is 10.3 Å². The number of rotatable bonds is 4. The molecule has 1 N–H and O–H groups in total. The molecule has 1 atom stereocenters. The number of aromatic nitrogens is 1. The van der Waals surface area contributed by atoms with Crippen molar-refractivity contribution in [3.8, 4) is 0 Å². The van der Waals surface area contributed by atoms with E-state index in [1.807, 2.05) is 19.1 Å². The standard InChI is InChI=1S/C14H14ClFN2/c1-10(11-5-7-17-8-6-11)18-9-12-3-2-4-13(15)14(12)16/h2-8,10,18H,9H2,1H3/t10-/m1/s1. The Morgan fingerprint density at radius 2 is 2.00 bits per heavy atom. The molecule has 0 saturated carbocycles. The van der Waals surface area contributed by atoms with Crippen LogP contribution in [0.15, 0.2) is 42.7 Å². The molecule has 94 valence electrons. The molecule has 0 saturated heterocycles. The van der Waals surface area contributed by atoms with Crippen molar-refractivity contribution in [2.24, 2.45) is 0 Å². The van der Waals surface area contributed by atoms with Crippen LogP contribution in [0.25, 0.3) is 0 Å². The van der Waals surface area contributed by atoms with Crippen LogP contribution in [0.2, 0.25) is 5.02 Å². The molecule has 4 heteroatoms.